The molecule has 0 spiro atoms. The number of carbonyl (C=O) groups is 2. The van der Waals surface area contributed by atoms with E-state index in [2.05, 4.69) is 5.32 Å². The minimum Gasteiger partial charge on any atom is -0.346 e. The quantitative estimate of drug-likeness (QED) is 0.486. The summed E-state index contributed by atoms with van der Waals surface area (Å²) >= 11 is 0. The largest absolute Gasteiger partial charge is 0.346 e. The van der Waals surface area contributed by atoms with Gasteiger partial charge in [-0.05, 0) is 6.92 Å². The van der Waals surface area contributed by atoms with Crippen LogP contribution in [0.2, 0.25) is 0 Å². The van der Waals surface area contributed by atoms with Crippen LogP contribution < -0.4 is 11.1 Å². The van der Waals surface area contributed by atoms with E-state index in [0.717, 1.165) is 0 Å². The zero-order valence-corrected chi connectivity index (χ0v) is 7.04. The number of hydrogen-bond acceptors (Lipinski definition) is 3. The zero-order chi connectivity index (χ0) is 9.14. The van der Waals surface area contributed by atoms with E-state index in [1.165, 1.54) is 4.90 Å². The highest BCUT2D eigenvalue weighted by atomic mass is 16.2. The highest BCUT2D eigenvalue weighted by molar-refractivity contribution is 6.35. The first-order valence-electron chi connectivity index (χ1n) is 3.94. The van der Waals surface area contributed by atoms with E-state index in [-0.39, 0.29) is 6.04 Å². The second kappa shape index (κ2) is 3.53. The van der Waals surface area contributed by atoms with Gasteiger partial charge in [0, 0.05) is 25.7 Å². The highest BCUT2D eigenvalue weighted by Gasteiger charge is 2.25. The number of piperazine rings is 1. The molecule has 0 aliphatic carbocycles. The van der Waals surface area contributed by atoms with Gasteiger partial charge in [-0.25, -0.2) is 0 Å². The van der Waals surface area contributed by atoms with Crippen molar-refractivity contribution >= 4 is 11.8 Å². The molecule has 1 unspecified atom stereocenters. The first-order valence-corrected chi connectivity index (χ1v) is 3.94. The van der Waals surface area contributed by atoms with Crippen LogP contribution in [0.15, 0.2) is 0 Å². The minimum absolute atomic E-state index is 0.0835. The van der Waals surface area contributed by atoms with Gasteiger partial charge < -0.3 is 16.0 Å². The molecule has 1 atom stereocenters. The number of nitrogens with two attached hydrogens (primary N) is 1. The van der Waals surface area contributed by atoms with Crippen LogP contribution in [0.1, 0.15) is 6.92 Å². The molecule has 0 radical (unpaired) electrons. The lowest BCUT2D eigenvalue weighted by molar-refractivity contribution is -0.148. The third-order valence-electron chi connectivity index (χ3n) is 1.66. The molecule has 0 bridgehead atoms. The molecule has 0 saturated carbocycles. The Morgan fingerprint density at radius 2 is 2.33 bits per heavy atom. The number of rotatable bonds is 2. The van der Waals surface area contributed by atoms with Crippen molar-refractivity contribution in [1.29, 1.82) is 0 Å². The summed E-state index contributed by atoms with van der Waals surface area (Å²) in [7, 11) is 0. The molecule has 0 aromatic carbocycles. The smallest absolute Gasteiger partial charge is 0.311 e. The third kappa shape index (κ3) is 1.94. The molecule has 5 heteroatoms. The third-order valence-corrected chi connectivity index (χ3v) is 1.66. The van der Waals surface area contributed by atoms with Crippen molar-refractivity contribution in [2.45, 2.75) is 13.0 Å². The molecule has 1 aliphatic heterocycles. The van der Waals surface area contributed by atoms with Crippen molar-refractivity contribution in [1.82, 2.24) is 10.2 Å². The number of hydrogen-bond donors (Lipinski definition) is 2. The van der Waals surface area contributed by atoms with E-state index in [1.54, 1.807) is 6.92 Å². The van der Waals surface area contributed by atoms with Crippen molar-refractivity contribution in [3.05, 3.63) is 0 Å². The SMILES string of the molecule is CC(N)CN1CCNC(=O)C1=O. The van der Waals surface area contributed by atoms with E-state index < -0.39 is 11.8 Å². The molecular weight excluding hydrogens is 158 g/mol. The Bertz CT molecular complexity index is 203. The highest BCUT2D eigenvalue weighted by Crippen LogP contribution is 1.96. The fraction of sp³-hybridized carbons (Fsp3) is 0.714. The van der Waals surface area contributed by atoms with Crippen molar-refractivity contribution < 1.29 is 9.59 Å². The summed E-state index contributed by atoms with van der Waals surface area (Å²) in [6.07, 6.45) is 0. The lowest BCUT2D eigenvalue weighted by Gasteiger charge is -2.27. The standard InChI is InChI=1S/C7H13N3O2/c1-5(8)4-10-3-2-9-6(11)7(10)12/h5H,2-4,8H2,1H3,(H,9,11). The summed E-state index contributed by atoms with van der Waals surface area (Å²) in [6, 6.07) is -0.0835. The van der Waals surface area contributed by atoms with Gasteiger partial charge in [0.25, 0.3) is 0 Å². The Balaban J connectivity index is 2.52. The Morgan fingerprint density at radius 3 is 2.92 bits per heavy atom. The molecule has 1 saturated heterocycles. The van der Waals surface area contributed by atoms with Crippen LogP contribution >= 0.6 is 0 Å². The van der Waals surface area contributed by atoms with Gasteiger partial charge in [-0.3, -0.25) is 9.59 Å². The van der Waals surface area contributed by atoms with Gasteiger partial charge in [0.15, 0.2) is 0 Å². The van der Waals surface area contributed by atoms with Crippen LogP contribution in [0.4, 0.5) is 0 Å². The van der Waals surface area contributed by atoms with Crippen LogP contribution in [0.3, 0.4) is 0 Å². The number of carbonyl (C=O) groups excluding carboxylic acids is 2. The molecule has 1 aliphatic rings. The predicted octanol–water partition coefficient (Wildman–Crippen LogP) is -1.71. The molecule has 3 N–H and O–H groups in total. The Hall–Kier alpha value is -1.10. The molecule has 68 valence electrons. The number of amides is 2. The molecule has 12 heavy (non-hydrogen) atoms. The summed E-state index contributed by atoms with van der Waals surface area (Å²) in [5, 5.41) is 2.46. The van der Waals surface area contributed by atoms with E-state index in [9.17, 15) is 9.59 Å². The first-order chi connectivity index (χ1) is 5.61. The average Bonchev–Trinajstić information content (AvgIpc) is 1.98. The molecule has 1 fully saturated rings. The Morgan fingerprint density at radius 1 is 1.67 bits per heavy atom. The van der Waals surface area contributed by atoms with Crippen molar-refractivity contribution in [2.24, 2.45) is 5.73 Å². The van der Waals surface area contributed by atoms with Crippen molar-refractivity contribution in [3.8, 4) is 0 Å². The number of nitrogens with one attached hydrogen (secondary N) is 1. The second-order valence-corrected chi connectivity index (χ2v) is 2.98. The van der Waals surface area contributed by atoms with Gasteiger partial charge >= 0.3 is 11.8 Å². The summed E-state index contributed by atoms with van der Waals surface area (Å²) in [6.45, 7) is 3.34. The maximum absolute atomic E-state index is 11.1. The van der Waals surface area contributed by atoms with Gasteiger partial charge in [-0.15, -0.1) is 0 Å². The minimum atomic E-state index is -0.526. The fourth-order valence-corrected chi connectivity index (χ4v) is 1.15. The Labute approximate surface area is 70.9 Å². The second-order valence-electron chi connectivity index (χ2n) is 2.98. The molecule has 5 nitrogen and oxygen atoms in total. The molecule has 1 rings (SSSR count). The van der Waals surface area contributed by atoms with Crippen LogP contribution in [-0.4, -0.2) is 42.4 Å². The van der Waals surface area contributed by atoms with E-state index >= 15 is 0 Å². The van der Waals surface area contributed by atoms with Gasteiger partial charge in [0.1, 0.15) is 0 Å². The maximum atomic E-state index is 11.1. The van der Waals surface area contributed by atoms with Crippen LogP contribution in [0, 0.1) is 0 Å². The summed E-state index contributed by atoms with van der Waals surface area (Å²) in [5.41, 5.74) is 5.51. The zero-order valence-electron chi connectivity index (χ0n) is 7.04. The van der Waals surface area contributed by atoms with Crippen LogP contribution in [0.5, 0.6) is 0 Å². The van der Waals surface area contributed by atoms with E-state index in [0.29, 0.717) is 19.6 Å². The van der Waals surface area contributed by atoms with Gasteiger partial charge in [0.05, 0.1) is 0 Å². The topological polar surface area (TPSA) is 75.4 Å². The van der Waals surface area contributed by atoms with E-state index in [4.69, 9.17) is 5.73 Å². The Kier molecular flexibility index (Phi) is 2.65. The normalized spacial score (nSPS) is 20.7. The average molecular weight is 171 g/mol. The monoisotopic (exact) mass is 171 g/mol. The molecule has 1 heterocycles. The number of nitrogens with zero attached hydrogens (tertiary/aromatic N) is 1. The summed E-state index contributed by atoms with van der Waals surface area (Å²) < 4.78 is 0. The predicted molar refractivity (Wildman–Crippen MR) is 43.2 cm³/mol. The van der Waals surface area contributed by atoms with Gasteiger partial charge in [-0.2, -0.15) is 0 Å². The fourth-order valence-electron chi connectivity index (χ4n) is 1.15. The van der Waals surface area contributed by atoms with E-state index in [1.807, 2.05) is 0 Å². The molecule has 0 aromatic heterocycles. The van der Waals surface area contributed by atoms with Gasteiger partial charge in [0.2, 0.25) is 0 Å². The van der Waals surface area contributed by atoms with Crippen molar-refractivity contribution in [3.63, 3.8) is 0 Å². The van der Waals surface area contributed by atoms with Crippen molar-refractivity contribution in [2.75, 3.05) is 19.6 Å². The van der Waals surface area contributed by atoms with Crippen LogP contribution in [0.25, 0.3) is 0 Å². The van der Waals surface area contributed by atoms with Gasteiger partial charge in [-0.1, -0.05) is 0 Å². The lowest BCUT2D eigenvalue weighted by Crippen LogP contribution is -2.54. The summed E-state index contributed by atoms with van der Waals surface area (Å²) in [4.78, 5) is 23.4. The lowest BCUT2D eigenvalue weighted by atomic mass is 10.3. The van der Waals surface area contributed by atoms with Crippen LogP contribution in [-0.2, 0) is 9.59 Å². The maximum Gasteiger partial charge on any atom is 0.311 e. The first kappa shape index (κ1) is 8.99. The molecule has 0 aromatic rings. The molecular formula is C7H13N3O2. The summed E-state index contributed by atoms with van der Waals surface area (Å²) in [5.74, 6) is -1.000. The molecule has 2 amide bonds.